The minimum absolute atomic E-state index is 0.392. The number of rotatable bonds is 2. The van der Waals surface area contributed by atoms with Crippen LogP contribution in [0.1, 0.15) is 5.69 Å². The van der Waals surface area contributed by atoms with Crippen LogP contribution in [0.25, 0.3) is 0 Å². The maximum absolute atomic E-state index is 10.5. The molecule has 0 radical (unpaired) electrons. The van der Waals surface area contributed by atoms with Crippen LogP contribution < -0.4 is 5.32 Å². The largest absolute Gasteiger partial charge is 0.347 e. The van der Waals surface area contributed by atoms with Crippen LogP contribution in [-0.4, -0.2) is 15.9 Å². The van der Waals surface area contributed by atoms with E-state index in [9.17, 15) is 4.79 Å². The van der Waals surface area contributed by atoms with Gasteiger partial charge in [0, 0.05) is 6.20 Å². The van der Waals surface area contributed by atoms with Gasteiger partial charge in [-0.05, 0) is 5.92 Å². The smallest absolute Gasteiger partial charge is 0.295 e. The third-order valence-corrected chi connectivity index (χ3v) is 1.13. The number of imidazole rings is 1. The Balaban J connectivity index is 2.36. The molecule has 0 bridgehead atoms. The predicted molar refractivity (Wildman–Crippen MR) is 39.3 cm³/mol. The summed E-state index contributed by atoms with van der Waals surface area (Å²) in [5, 5.41) is 2.49. The molecule has 0 saturated heterocycles. The zero-order valence-electron chi connectivity index (χ0n) is 5.79. The van der Waals surface area contributed by atoms with Gasteiger partial charge >= 0.3 is 0 Å². The Morgan fingerprint density at radius 2 is 2.73 bits per heavy atom. The first-order chi connectivity index (χ1) is 5.33. The van der Waals surface area contributed by atoms with E-state index < -0.39 is 5.91 Å². The fourth-order valence-electron chi connectivity index (χ4n) is 0.608. The fraction of sp³-hybridized carbons (Fsp3) is 0.143. The third-order valence-electron chi connectivity index (χ3n) is 1.13. The van der Waals surface area contributed by atoms with Crippen LogP contribution in [0.3, 0.4) is 0 Å². The number of H-pyrrole nitrogens is 1. The van der Waals surface area contributed by atoms with E-state index in [0.717, 1.165) is 5.69 Å². The number of nitrogens with one attached hydrogen (secondary N) is 2. The molecule has 4 heteroatoms. The summed E-state index contributed by atoms with van der Waals surface area (Å²) in [6.45, 7) is 0.392. The van der Waals surface area contributed by atoms with Crippen molar-refractivity contribution in [2.75, 3.05) is 0 Å². The number of terminal acetylenes is 1. The second kappa shape index (κ2) is 3.42. The molecule has 0 aliphatic heterocycles. The van der Waals surface area contributed by atoms with Crippen LogP contribution in [0.4, 0.5) is 0 Å². The number of nitrogens with zero attached hydrogens (tertiary/aromatic N) is 1. The minimum atomic E-state index is -0.417. The Morgan fingerprint density at radius 1 is 1.91 bits per heavy atom. The van der Waals surface area contributed by atoms with E-state index in [1.165, 1.54) is 6.33 Å². The van der Waals surface area contributed by atoms with Crippen LogP contribution >= 0.6 is 0 Å². The van der Waals surface area contributed by atoms with Gasteiger partial charge in [-0.1, -0.05) is 0 Å². The number of carbonyl (C=O) groups excluding carboxylic acids is 1. The van der Waals surface area contributed by atoms with Gasteiger partial charge in [-0.2, -0.15) is 0 Å². The predicted octanol–water partition coefficient (Wildman–Crippen LogP) is -0.341. The van der Waals surface area contributed by atoms with Gasteiger partial charge in [-0.25, -0.2) is 4.98 Å². The van der Waals surface area contributed by atoms with Gasteiger partial charge in [0.2, 0.25) is 0 Å². The lowest BCUT2D eigenvalue weighted by atomic mass is 10.4. The second-order valence-corrected chi connectivity index (χ2v) is 1.90. The molecule has 0 atom stereocenters. The normalized spacial score (nSPS) is 8.64. The van der Waals surface area contributed by atoms with Gasteiger partial charge in [0.1, 0.15) is 0 Å². The molecular weight excluding hydrogens is 142 g/mol. The van der Waals surface area contributed by atoms with E-state index in [2.05, 4.69) is 15.3 Å². The lowest BCUT2D eigenvalue weighted by Crippen LogP contribution is -2.20. The van der Waals surface area contributed by atoms with Crippen molar-refractivity contribution in [1.82, 2.24) is 15.3 Å². The van der Waals surface area contributed by atoms with Crippen molar-refractivity contribution < 1.29 is 4.79 Å². The molecule has 2 N–H and O–H groups in total. The van der Waals surface area contributed by atoms with E-state index >= 15 is 0 Å². The van der Waals surface area contributed by atoms with Crippen molar-refractivity contribution in [3.05, 3.63) is 18.2 Å². The van der Waals surface area contributed by atoms with Crippen molar-refractivity contribution in [2.45, 2.75) is 6.54 Å². The lowest BCUT2D eigenvalue weighted by molar-refractivity contribution is -0.115. The van der Waals surface area contributed by atoms with Crippen molar-refractivity contribution in [2.24, 2.45) is 0 Å². The number of carbonyl (C=O) groups is 1. The first-order valence-corrected chi connectivity index (χ1v) is 3.04. The molecule has 0 fully saturated rings. The molecule has 4 nitrogen and oxygen atoms in total. The summed E-state index contributed by atoms with van der Waals surface area (Å²) in [4.78, 5) is 17.1. The number of amides is 1. The van der Waals surface area contributed by atoms with Crippen molar-refractivity contribution in [1.29, 1.82) is 0 Å². The maximum Gasteiger partial charge on any atom is 0.295 e. The zero-order valence-corrected chi connectivity index (χ0v) is 5.79. The van der Waals surface area contributed by atoms with Crippen molar-refractivity contribution in [3.8, 4) is 12.3 Å². The molecule has 1 aromatic heterocycles. The van der Waals surface area contributed by atoms with Crippen LogP contribution in [0, 0.1) is 12.3 Å². The van der Waals surface area contributed by atoms with Crippen molar-refractivity contribution in [3.63, 3.8) is 0 Å². The monoisotopic (exact) mass is 149 g/mol. The Labute approximate surface area is 64.0 Å². The summed E-state index contributed by atoms with van der Waals surface area (Å²) in [5.41, 5.74) is 0.827. The third kappa shape index (κ3) is 2.14. The average Bonchev–Trinajstić information content (AvgIpc) is 2.52. The van der Waals surface area contributed by atoms with E-state index in [1.54, 1.807) is 6.20 Å². The quantitative estimate of drug-likeness (QED) is 0.565. The van der Waals surface area contributed by atoms with Gasteiger partial charge in [0.05, 0.1) is 18.6 Å². The highest BCUT2D eigenvalue weighted by molar-refractivity contribution is 5.92. The first-order valence-electron chi connectivity index (χ1n) is 3.04. The van der Waals surface area contributed by atoms with Crippen LogP contribution in [0.2, 0.25) is 0 Å². The molecule has 1 heterocycles. The molecule has 1 rings (SSSR count). The Hall–Kier alpha value is -1.76. The topological polar surface area (TPSA) is 57.8 Å². The zero-order chi connectivity index (χ0) is 8.10. The molecule has 0 unspecified atom stereocenters. The molecule has 1 amide bonds. The highest BCUT2D eigenvalue weighted by Crippen LogP contribution is 1.87. The van der Waals surface area contributed by atoms with Gasteiger partial charge in [0.25, 0.3) is 5.91 Å². The number of hydrogen-bond acceptors (Lipinski definition) is 2. The number of aromatic nitrogens is 2. The molecule has 0 aliphatic carbocycles. The molecule has 0 saturated carbocycles. The van der Waals surface area contributed by atoms with Gasteiger partial charge in [0.15, 0.2) is 0 Å². The van der Waals surface area contributed by atoms with Crippen molar-refractivity contribution >= 4 is 5.91 Å². The summed E-state index contributed by atoms with van der Waals surface area (Å²) in [5.74, 6) is 1.53. The molecule has 11 heavy (non-hydrogen) atoms. The minimum Gasteiger partial charge on any atom is -0.347 e. The Kier molecular flexibility index (Phi) is 2.28. The highest BCUT2D eigenvalue weighted by Gasteiger charge is 1.95. The van der Waals surface area contributed by atoms with E-state index in [4.69, 9.17) is 6.42 Å². The summed E-state index contributed by atoms with van der Waals surface area (Å²) in [6.07, 6.45) is 7.98. The summed E-state index contributed by atoms with van der Waals surface area (Å²) >= 11 is 0. The average molecular weight is 149 g/mol. The SMILES string of the molecule is C#CC(=O)NCc1cnc[nH]1. The summed E-state index contributed by atoms with van der Waals surface area (Å²) < 4.78 is 0. The van der Waals surface area contributed by atoms with Crippen LogP contribution in [-0.2, 0) is 11.3 Å². The molecular formula is C7H7N3O. The van der Waals surface area contributed by atoms with Gasteiger partial charge < -0.3 is 10.3 Å². The van der Waals surface area contributed by atoms with Gasteiger partial charge in [-0.15, -0.1) is 6.42 Å². The van der Waals surface area contributed by atoms with E-state index in [0.29, 0.717) is 6.54 Å². The van der Waals surface area contributed by atoms with Crippen LogP contribution in [0.5, 0.6) is 0 Å². The highest BCUT2D eigenvalue weighted by atomic mass is 16.1. The summed E-state index contributed by atoms with van der Waals surface area (Å²) in [6, 6.07) is 0. The maximum atomic E-state index is 10.5. The first kappa shape index (κ1) is 7.35. The lowest BCUT2D eigenvalue weighted by Gasteiger charge is -1.95. The van der Waals surface area contributed by atoms with Gasteiger partial charge in [-0.3, -0.25) is 4.79 Å². The second-order valence-electron chi connectivity index (χ2n) is 1.90. The van der Waals surface area contributed by atoms with Crippen LogP contribution in [0.15, 0.2) is 12.5 Å². The number of aromatic amines is 1. The molecule has 0 aromatic carbocycles. The number of hydrogen-bond donors (Lipinski definition) is 2. The van der Waals surface area contributed by atoms with E-state index in [-0.39, 0.29) is 0 Å². The Bertz CT molecular complexity index is 270. The summed E-state index contributed by atoms with van der Waals surface area (Å²) in [7, 11) is 0. The Morgan fingerprint density at radius 3 is 3.27 bits per heavy atom. The van der Waals surface area contributed by atoms with E-state index in [1.807, 2.05) is 5.92 Å². The molecule has 0 aliphatic rings. The molecule has 1 aromatic rings. The molecule has 56 valence electrons. The fourth-order valence-corrected chi connectivity index (χ4v) is 0.608. The molecule has 0 spiro atoms. The standard InChI is InChI=1S/C7H7N3O/c1-2-7(11)9-4-6-3-8-5-10-6/h1,3,5H,4H2,(H,8,10)(H,9,11).